The maximum atomic E-state index is 12.6. The lowest BCUT2D eigenvalue weighted by Crippen LogP contribution is -2.63. The van der Waals surface area contributed by atoms with E-state index in [0.717, 1.165) is 74.1 Å². The number of aliphatic hydroxyl groups excluding tert-OH is 1. The first-order valence-electron chi connectivity index (χ1n) is 14.3. The summed E-state index contributed by atoms with van der Waals surface area (Å²) in [6.07, 6.45) is 9.26. The fourth-order valence-corrected chi connectivity index (χ4v) is 6.76. The van der Waals surface area contributed by atoms with Crippen LogP contribution in [0.3, 0.4) is 0 Å². The van der Waals surface area contributed by atoms with Gasteiger partial charge in [0.25, 0.3) is 0 Å². The molecule has 0 spiro atoms. The van der Waals surface area contributed by atoms with E-state index in [-0.39, 0.29) is 11.5 Å². The predicted molar refractivity (Wildman–Crippen MR) is 148 cm³/mol. The van der Waals surface area contributed by atoms with Crippen molar-refractivity contribution in [3.05, 3.63) is 65.2 Å². The van der Waals surface area contributed by atoms with E-state index in [1.54, 1.807) is 0 Å². The number of hydrogen-bond acceptors (Lipinski definition) is 6. The summed E-state index contributed by atoms with van der Waals surface area (Å²) in [4.78, 5) is 11.9. The summed E-state index contributed by atoms with van der Waals surface area (Å²) in [6.45, 7) is 8.14. The number of rotatable bonds is 7. The van der Waals surface area contributed by atoms with Gasteiger partial charge in [0.15, 0.2) is 5.82 Å². The van der Waals surface area contributed by atoms with Gasteiger partial charge in [-0.3, -0.25) is 4.98 Å². The first kappa shape index (κ1) is 25.7. The molecule has 2 aromatic heterocycles. The Morgan fingerprint density at radius 1 is 0.974 bits per heavy atom. The van der Waals surface area contributed by atoms with Gasteiger partial charge in [-0.25, -0.2) is 9.67 Å². The average molecular weight is 516 g/mol. The van der Waals surface area contributed by atoms with Gasteiger partial charge in [-0.1, -0.05) is 45.0 Å². The summed E-state index contributed by atoms with van der Waals surface area (Å²) in [6, 6.07) is 10.9. The number of aromatic nitrogens is 4. The number of nitrogens with zero attached hydrogens (tertiary/aromatic N) is 5. The Morgan fingerprint density at radius 2 is 1.66 bits per heavy atom. The molecule has 1 aliphatic heterocycles. The number of aliphatic hydroxyl groups is 2. The SMILES string of the molecule is CC(C)c1ccc(C(O)(c2cncc(-c3nc([C@H]4CC[C@H](O)CC4)n(C4CC4)n3)c2)C2(C)CN(C)C2)cc1. The Kier molecular flexibility index (Phi) is 6.44. The summed E-state index contributed by atoms with van der Waals surface area (Å²) >= 11 is 0. The maximum Gasteiger partial charge on any atom is 0.182 e. The summed E-state index contributed by atoms with van der Waals surface area (Å²) in [5, 5.41) is 27.6. The first-order valence-corrected chi connectivity index (χ1v) is 14.3. The molecule has 0 bridgehead atoms. The molecule has 2 aliphatic carbocycles. The minimum absolute atomic E-state index is 0.192. The van der Waals surface area contributed by atoms with Gasteiger partial charge in [0, 0.05) is 47.9 Å². The van der Waals surface area contributed by atoms with Crippen molar-refractivity contribution >= 4 is 0 Å². The second kappa shape index (κ2) is 9.54. The van der Waals surface area contributed by atoms with Crippen LogP contribution >= 0.6 is 0 Å². The summed E-state index contributed by atoms with van der Waals surface area (Å²) in [7, 11) is 2.10. The van der Waals surface area contributed by atoms with Crippen molar-refractivity contribution in [1.82, 2.24) is 24.6 Å². The number of pyridine rings is 1. The molecule has 0 radical (unpaired) electrons. The van der Waals surface area contributed by atoms with E-state index in [0.29, 0.717) is 23.7 Å². The van der Waals surface area contributed by atoms with Gasteiger partial charge in [0.1, 0.15) is 11.4 Å². The van der Waals surface area contributed by atoms with Gasteiger partial charge in [-0.05, 0) is 68.7 Å². The molecule has 0 amide bonds. The first-order chi connectivity index (χ1) is 18.2. The minimum Gasteiger partial charge on any atom is -0.393 e. The smallest absolute Gasteiger partial charge is 0.182 e. The Balaban J connectivity index is 1.40. The van der Waals surface area contributed by atoms with Crippen LogP contribution < -0.4 is 0 Å². The fourth-order valence-electron chi connectivity index (χ4n) is 6.76. The Bertz CT molecular complexity index is 1280. The normalized spacial score (nSPS) is 25.2. The van der Waals surface area contributed by atoms with E-state index in [2.05, 4.69) is 66.7 Å². The van der Waals surface area contributed by atoms with E-state index < -0.39 is 5.60 Å². The lowest BCUT2D eigenvalue weighted by atomic mass is 9.62. The van der Waals surface area contributed by atoms with Crippen molar-refractivity contribution in [2.24, 2.45) is 5.41 Å². The van der Waals surface area contributed by atoms with Crippen molar-refractivity contribution in [3.8, 4) is 11.4 Å². The molecule has 1 atom stereocenters. The van der Waals surface area contributed by atoms with Crippen LogP contribution in [-0.4, -0.2) is 61.1 Å². The largest absolute Gasteiger partial charge is 0.393 e. The highest BCUT2D eigenvalue weighted by Crippen LogP contribution is 2.50. The second-order valence-corrected chi connectivity index (χ2v) is 12.7. The highest BCUT2D eigenvalue weighted by Gasteiger charge is 2.55. The van der Waals surface area contributed by atoms with E-state index >= 15 is 0 Å². The van der Waals surface area contributed by atoms with E-state index in [9.17, 15) is 10.2 Å². The minimum atomic E-state index is -1.20. The zero-order valence-corrected chi connectivity index (χ0v) is 23.1. The third-order valence-electron chi connectivity index (χ3n) is 9.13. The van der Waals surface area contributed by atoms with Crippen LogP contribution in [0.2, 0.25) is 0 Å². The zero-order valence-electron chi connectivity index (χ0n) is 23.1. The van der Waals surface area contributed by atoms with Gasteiger partial charge in [0.05, 0.1) is 12.1 Å². The molecule has 1 saturated heterocycles. The molecule has 2 N–H and O–H groups in total. The lowest BCUT2D eigenvalue weighted by molar-refractivity contribution is -0.127. The van der Waals surface area contributed by atoms with Gasteiger partial charge in [-0.2, -0.15) is 5.10 Å². The van der Waals surface area contributed by atoms with Gasteiger partial charge in [-0.15, -0.1) is 0 Å². The molecule has 3 fully saturated rings. The highest BCUT2D eigenvalue weighted by atomic mass is 16.3. The number of hydrogen-bond donors (Lipinski definition) is 2. The van der Waals surface area contributed by atoms with Crippen LogP contribution in [0.5, 0.6) is 0 Å². The quantitative estimate of drug-likeness (QED) is 0.460. The third kappa shape index (κ3) is 4.38. The maximum absolute atomic E-state index is 12.6. The molecule has 1 aromatic carbocycles. The number of benzene rings is 1. The monoisotopic (exact) mass is 515 g/mol. The molecule has 7 nitrogen and oxygen atoms in total. The van der Waals surface area contributed by atoms with Crippen LogP contribution in [0.25, 0.3) is 11.4 Å². The molecular formula is C31H41N5O2. The molecule has 38 heavy (non-hydrogen) atoms. The van der Waals surface area contributed by atoms with Crippen LogP contribution in [0.15, 0.2) is 42.7 Å². The second-order valence-electron chi connectivity index (χ2n) is 12.7. The van der Waals surface area contributed by atoms with E-state index in [4.69, 9.17) is 10.1 Å². The van der Waals surface area contributed by atoms with Crippen LogP contribution in [0.1, 0.15) is 99.7 Å². The van der Waals surface area contributed by atoms with Crippen LogP contribution in [0.4, 0.5) is 0 Å². The van der Waals surface area contributed by atoms with Gasteiger partial charge >= 0.3 is 0 Å². The van der Waals surface area contributed by atoms with Gasteiger partial charge in [0.2, 0.25) is 0 Å². The van der Waals surface area contributed by atoms with Gasteiger partial charge < -0.3 is 15.1 Å². The number of likely N-dealkylation sites (tertiary alicyclic amines) is 1. The summed E-state index contributed by atoms with van der Waals surface area (Å²) in [5.74, 6) is 2.49. The van der Waals surface area contributed by atoms with Crippen molar-refractivity contribution in [3.63, 3.8) is 0 Å². The predicted octanol–water partition coefficient (Wildman–Crippen LogP) is 5.00. The molecule has 202 valence electrons. The Hall–Kier alpha value is -2.61. The molecule has 3 aromatic rings. The van der Waals surface area contributed by atoms with Crippen molar-refractivity contribution in [2.45, 2.75) is 88.9 Å². The molecule has 3 aliphatic rings. The third-order valence-corrected chi connectivity index (χ3v) is 9.13. The van der Waals surface area contributed by atoms with Crippen molar-refractivity contribution in [2.75, 3.05) is 20.1 Å². The molecule has 1 unspecified atom stereocenters. The topological polar surface area (TPSA) is 87.3 Å². The van der Waals surface area contributed by atoms with E-state index in [1.807, 2.05) is 18.5 Å². The summed E-state index contributed by atoms with van der Waals surface area (Å²) in [5.41, 5.74) is 2.24. The molecule has 3 heterocycles. The molecule has 2 saturated carbocycles. The van der Waals surface area contributed by atoms with Crippen molar-refractivity contribution in [1.29, 1.82) is 0 Å². The Labute approximate surface area is 225 Å². The molecule has 6 rings (SSSR count). The van der Waals surface area contributed by atoms with Crippen molar-refractivity contribution < 1.29 is 10.2 Å². The fraction of sp³-hybridized carbons (Fsp3) is 0.581. The van der Waals surface area contributed by atoms with Crippen LogP contribution in [-0.2, 0) is 5.60 Å². The lowest BCUT2D eigenvalue weighted by Gasteiger charge is -2.55. The van der Waals surface area contributed by atoms with Crippen LogP contribution in [0, 0.1) is 5.41 Å². The molecular weight excluding hydrogens is 474 g/mol. The van der Waals surface area contributed by atoms with E-state index in [1.165, 1.54) is 5.56 Å². The average Bonchev–Trinajstić information content (AvgIpc) is 3.66. The Morgan fingerprint density at radius 3 is 2.26 bits per heavy atom. The standard InChI is InChI=1S/C31H41N5O2/c1-20(2)21-5-9-24(10-6-21)31(38,30(3)18-35(4)19-30)25-15-23(16-32-17-25)28-33-29(36(34-28)26-11-12-26)22-7-13-27(37)14-8-22/h5-6,9-10,15-17,20,22,26-27,37-38H,7-8,11-14,18-19H2,1-4H3/t22-,27-,31?. The zero-order chi connectivity index (χ0) is 26.7. The molecule has 7 heteroatoms. The highest BCUT2D eigenvalue weighted by molar-refractivity contribution is 5.56. The summed E-state index contributed by atoms with van der Waals surface area (Å²) < 4.78 is 2.14.